The van der Waals surface area contributed by atoms with Gasteiger partial charge in [0.2, 0.25) is 5.89 Å². The van der Waals surface area contributed by atoms with Gasteiger partial charge in [0, 0.05) is 6.42 Å². The molecule has 1 fully saturated rings. The minimum absolute atomic E-state index is 0.143. The number of nitrogens with two attached hydrogens (primary N) is 1. The highest BCUT2D eigenvalue weighted by molar-refractivity contribution is 4.92. The molecule has 0 bridgehead atoms. The van der Waals surface area contributed by atoms with Crippen molar-refractivity contribution >= 4 is 0 Å². The molecule has 0 radical (unpaired) electrons. The third-order valence-corrected chi connectivity index (χ3v) is 2.81. The van der Waals surface area contributed by atoms with E-state index in [-0.39, 0.29) is 6.04 Å². The zero-order chi connectivity index (χ0) is 10.7. The van der Waals surface area contributed by atoms with Crippen molar-refractivity contribution in [3.8, 4) is 0 Å². The minimum atomic E-state index is -0.143. The normalized spacial score (nSPS) is 20.4. The van der Waals surface area contributed by atoms with Crippen molar-refractivity contribution in [3.05, 3.63) is 11.7 Å². The predicted octanol–water partition coefficient (Wildman–Crippen LogP) is 0.631. The number of hydrogen-bond donors (Lipinski definition) is 2. The lowest BCUT2D eigenvalue weighted by Gasteiger charge is -2.20. The van der Waals surface area contributed by atoms with E-state index in [4.69, 9.17) is 10.3 Å². The molecule has 1 saturated heterocycles. The van der Waals surface area contributed by atoms with E-state index in [2.05, 4.69) is 15.5 Å². The molecule has 2 rings (SSSR count). The summed E-state index contributed by atoms with van der Waals surface area (Å²) in [6.07, 6.45) is 3.27. The van der Waals surface area contributed by atoms with Crippen LogP contribution in [0.3, 0.4) is 0 Å². The Kier molecular flexibility index (Phi) is 3.33. The summed E-state index contributed by atoms with van der Waals surface area (Å²) >= 11 is 0. The Labute approximate surface area is 89.4 Å². The Morgan fingerprint density at radius 1 is 1.53 bits per heavy atom. The van der Waals surface area contributed by atoms with Crippen molar-refractivity contribution in [1.29, 1.82) is 0 Å². The number of rotatable bonds is 3. The van der Waals surface area contributed by atoms with E-state index in [0.29, 0.717) is 11.7 Å². The highest BCUT2D eigenvalue weighted by Gasteiger charge is 2.17. The Bertz CT molecular complexity index is 304. The summed E-state index contributed by atoms with van der Waals surface area (Å²) in [5.41, 5.74) is 5.67. The molecule has 5 nitrogen and oxygen atoms in total. The maximum atomic E-state index is 5.67. The molecule has 84 valence electrons. The SMILES string of the molecule is CC(N)c1noc(CC2CCNCC2)n1. The molecule has 0 spiro atoms. The van der Waals surface area contributed by atoms with Crippen LogP contribution in [0.2, 0.25) is 0 Å². The molecular formula is C10H18N4O. The average molecular weight is 210 g/mol. The second kappa shape index (κ2) is 4.72. The summed E-state index contributed by atoms with van der Waals surface area (Å²) in [4.78, 5) is 4.28. The molecule has 3 N–H and O–H groups in total. The van der Waals surface area contributed by atoms with E-state index in [1.807, 2.05) is 6.92 Å². The summed E-state index contributed by atoms with van der Waals surface area (Å²) in [7, 11) is 0. The van der Waals surface area contributed by atoms with Crippen LogP contribution >= 0.6 is 0 Å². The van der Waals surface area contributed by atoms with Crippen LogP contribution in [0.15, 0.2) is 4.52 Å². The predicted molar refractivity (Wildman–Crippen MR) is 56.2 cm³/mol. The maximum absolute atomic E-state index is 5.67. The van der Waals surface area contributed by atoms with Crippen molar-refractivity contribution in [2.24, 2.45) is 11.7 Å². The third kappa shape index (κ3) is 2.76. The summed E-state index contributed by atoms with van der Waals surface area (Å²) in [5.74, 6) is 2.01. The largest absolute Gasteiger partial charge is 0.339 e. The molecule has 2 heterocycles. The van der Waals surface area contributed by atoms with Crippen LogP contribution in [0.1, 0.15) is 37.5 Å². The molecule has 1 aliphatic heterocycles. The van der Waals surface area contributed by atoms with Gasteiger partial charge in [0.25, 0.3) is 0 Å². The van der Waals surface area contributed by atoms with Gasteiger partial charge in [0.1, 0.15) is 0 Å². The fraction of sp³-hybridized carbons (Fsp3) is 0.800. The molecule has 0 aromatic carbocycles. The summed E-state index contributed by atoms with van der Waals surface area (Å²) in [6.45, 7) is 4.05. The second-order valence-corrected chi connectivity index (χ2v) is 4.23. The van der Waals surface area contributed by atoms with E-state index in [1.54, 1.807) is 0 Å². The van der Waals surface area contributed by atoms with Gasteiger partial charge in [-0.25, -0.2) is 0 Å². The van der Waals surface area contributed by atoms with Gasteiger partial charge in [-0.05, 0) is 38.8 Å². The van der Waals surface area contributed by atoms with E-state index < -0.39 is 0 Å². The average Bonchev–Trinajstić information content (AvgIpc) is 2.68. The molecule has 0 amide bonds. The number of nitrogens with zero attached hydrogens (tertiary/aromatic N) is 2. The van der Waals surface area contributed by atoms with Crippen LogP contribution < -0.4 is 11.1 Å². The first-order chi connectivity index (χ1) is 7.25. The summed E-state index contributed by atoms with van der Waals surface area (Å²) in [5, 5.41) is 7.19. The highest BCUT2D eigenvalue weighted by atomic mass is 16.5. The second-order valence-electron chi connectivity index (χ2n) is 4.23. The maximum Gasteiger partial charge on any atom is 0.226 e. The van der Waals surface area contributed by atoms with Crippen molar-refractivity contribution in [1.82, 2.24) is 15.5 Å². The number of nitrogens with one attached hydrogen (secondary N) is 1. The smallest absolute Gasteiger partial charge is 0.226 e. The first-order valence-corrected chi connectivity index (χ1v) is 5.54. The molecule has 1 aromatic rings. The fourth-order valence-electron chi connectivity index (χ4n) is 1.87. The van der Waals surface area contributed by atoms with Crippen LogP contribution in [-0.2, 0) is 6.42 Å². The molecule has 15 heavy (non-hydrogen) atoms. The lowest BCUT2D eigenvalue weighted by Crippen LogP contribution is -2.28. The lowest BCUT2D eigenvalue weighted by atomic mass is 9.95. The van der Waals surface area contributed by atoms with Crippen molar-refractivity contribution < 1.29 is 4.52 Å². The van der Waals surface area contributed by atoms with Crippen LogP contribution in [-0.4, -0.2) is 23.2 Å². The lowest BCUT2D eigenvalue weighted by molar-refractivity contribution is 0.311. The van der Waals surface area contributed by atoms with Gasteiger partial charge in [-0.2, -0.15) is 4.98 Å². The minimum Gasteiger partial charge on any atom is -0.339 e. The quantitative estimate of drug-likeness (QED) is 0.765. The first kappa shape index (κ1) is 10.6. The highest BCUT2D eigenvalue weighted by Crippen LogP contribution is 2.17. The van der Waals surface area contributed by atoms with Crippen molar-refractivity contribution in [3.63, 3.8) is 0 Å². The number of aromatic nitrogens is 2. The van der Waals surface area contributed by atoms with Gasteiger partial charge in [0.15, 0.2) is 5.82 Å². The molecule has 1 atom stereocenters. The number of piperidine rings is 1. The van der Waals surface area contributed by atoms with Crippen LogP contribution in [0, 0.1) is 5.92 Å². The molecule has 0 saturated carbocycles. The van der Waals surface area contributed by atoms with E-state index in [1.165, 1.54) is 12.8 Å². The monoisotopic (exact) mass is 210 g/mol. The van der Waals surface area contributed by atoms with Gasteiger partial charge >= 0.3 is 0 Å². The summed E-state index contributed by atoms with van der Waals surface area (Å²) < 4.78 is 5.17. The Balaban J connectivity index is 1.91. The van der Waals surface area contributed by atoms with Crippen LogP contribution in [0.5, 0.6) is 0 Å². The zero-order valence-corrected chi connectivity index (χ0v) is 9.07. The van der Waals surface area contributed by atoms with Gasteiger partial charge in [-0.1, -0.05) is 5.16 Å². The van der Waals surface area contributed by atoms with Gasteiger partial charge in [-0.3, -0.25) is 0 Å². The Morgan fingerprint density at radius 2 is 2.27 bits per heavy atom. The van der Waals surface area contributed by atoms with E-state index in [0.717, 1.165) is 25.4 Å². The third-order valence-electron chi connectivity index (χ3n) is 2.81. The molecule has 5 heteroatoms. The van der Waals surface area contributed by atoms with Crippen LogP contribution in [0.25, 0.3) is 0 Å². The van der Waals surface area contributed by atoms with E-state index >= 15 is 0 Å². The molecular weight excluding hydrogens is 192 g/mol. The molecule has 0 aliphatic carbocycles. The van der Waals surface area contributed by atoms with E-state index in [9.17, 15) is 0 Å². The zero-order valence-electron chi connectivity index (χ0n) is 9.07. The van der Waals surface area contributed by atoms with Crippen LogP contribution in [0.4, 0.5) is 0 Å². The van der Waals surface area contributed by atoms with Gasteiger partial charge in [-0.15, -0.1) is 0 Å². The topological polar surface area (TPSA) is 77.0 Å². The first-order valence-electron chi connectivity index (χ1n) is 5.54. The molecule has 1 unspecified atom stereocenters. The van der Waals surface area contributed by atoms with Crippen molar-refractivity contribution in [2.75, 3.05) is 13.1 Å². The Morgan fingerprint density at radius 3 is 2.87 bits per heavy atom. The standard InChI is InChI=1S/C10H18N4O/c1-7(11)10-13-9(15-14-10)6-8-2-4-12-5-3-8/h7-8,12H,2-6,11H2,1H3. The van der Waals surface area contributed by atoms with Crippen molar-refractivity contribution in [2.45, 2.75) is 32.2 Å². The van der Waals surface area contributed by atoms with Gasteiger partial charge < -0.3 is 15.6 Å². The Hall–Kier alpha value is -0.940. The summed E-state index contributed by atoms with van der Waals surface area (Å²) in [6, 6.07) is -0.143. The fourth-order valence-corrected chi connectivity index (χ4v) is 1.87. The van der Waals surface area contributed by atoms with Gasteiger partial charge in [0.05, 0.1) is 6.04 Å². The number of hydrogen-bond acceptors (Lipinski definition) is 5. The molecule has 1 aromatic heterocycles. The molecule has 1 aliphatic rings.